The maximum absolute atomic E-state index is 10.8. The van der Waals surface area contributed by atoms with E-state index in [1.807, 2.05) is 37.3 Å². The lowest BCUT2D eigenvalue weighted by Crippen LogP contribution is -1.97. The quantitative estimate of drug-likeness (QED) is 0.292. The molecule has 1 aromatic heterocycles. The molecule has 7 nitrogen and oxygen atoms in total. The summed E-state index contributed by atoms with van der Waals surface area (Å²) in [6.45, 7) is 1.81. The number of aryl methyl sites for hydroxylation is 1. The number of rotatable bonds is 6. The van der Waals surface area contributed by atoms with E-state index in [0.29, 0.717) is 16.5 Å². The molecule has 0 spiro atoms. The van der Waals surface area contributed by atoms with E-state index < -0.39 is 4.92 Å². The van der Waals surface area contributed by atoms with Crippen LogP contribution in [0.25, 0.3) is 0 Å². The minimum atomic E-state index is -0.428. The summed E-state index contributed by atoms with van der Waals surface area (Å²) in [7, 11) is 0. The molecule has 0 amide bonds. The van der Waals surface area contributed by atoms with E-state index in [-0.39, 0.29) is 5.69 Å². The second-order valence-corrected chi connectivity index (χ2v) is 6.16. The average Bonchev–Trinajstić information content (AvgIpc) is 2.99. The molecular weight excluding hydrogens is 338 g/mol. The largest absolute Gasteiger partial charge is 0.270 e. The molecule has 0 unspecified atom stereocenters. The van der Waals surface area contributed by atoms with Gasteiger partial charge in [0, 0.05) is 23.4 Å². The van der Waals surface area contributed by atoms with E-state index in [1.54, 1.807) is 23.0 Å². The van der Waals surface area contributed by atoms with Gasteiger partial charge < -0.3 is 0 Å². The van der Waals surface area contributed by atoms with Crippen molar-refractivity contribution in [2.24, 2.45) is 5.10 Å². The molecule has 0 saturated carbocycles. The number of non-ortho nitro benzene ring substituents is 1. The summed E-state index contributed by atoms with van der Waals surface area (Å²) >= 11 is 1.53. The van der Waals surface area contributed by atoms with E-state index in [1.165, 1.54) is 29.5 Å². The molecule has 0 aliphatic heterocycles. The molecule has 0 saturated heterocycles. The molecular formula is C17H15N5O2S. The van der Waals surface area contributed by atoms with Crippen LogP contribution in [0.15, 0.2) is 64.9 Å². The molecule has 0 atom stereocenters. The Morgan fingerprint density at radius 1 is 1.20 bits per heavy atom. The fourth-order valence-corrected chi connectivity index (χ4v) is 3.01. The Morgan fingerprint density at radius 3 is 2.76 bits per heavy atom. The van der Waals surface area contributed by atoms with Crippen LogP contribution in [0.1, 0.15) is 17.0 Å². The van der Waals surface area contributed by atoms with Gasteiger partial charge in [0.15, 0.2) is 5.82 Å². The van der Waals surface area contributed by atoms with Gasteiger partial charge in [-0.05, 0) is 12.5 Å². The van der Waals surface area contributed by atoms with Gasteiger partial charge in [0.2, 0.25) is 5.16 Å². The molecule has 3 rings (SSSR count). The van der Waals surface area contributed by atoms with Crippen molar-refractivity contribution in [3.05, 3.63) is 81.7 Å². The molecule has 0 aliphatic carbocycles. The van der Waals surface area contributed by atoms with Gasteiger partial charge in [0.25, 0.3) is 5.69 Å². The van der Waals surface area contributed by atoms with E-state index in [4.69, 9.17) is 0 Å². The monoisotopic (exact) mass is 353 g/mol. The van der Waals surface area contributed by atoms with Crippen LogP contribution in [-0.4, -0.2) is 26.0 Å². The Labute approximate surface area is 148 Å². The van der Waals surface area contributed by atoms with Crippen molar-refractivity contribution >= 4 is 23.7 Å². The highest BCUT2D eigenvalue weighted by atomic mass is 32.2. The molecule has 1 heterocycles. The van der Waals surface area contributed by atoms with Gasteiger partial charge >= 0.3 is 0 Å². The van der Waals surface area contributed by atoms with Gasteiger partial charge in [-0.25, -0.2) is 0 Å². The highest BCUT2D eigenvalue weighted by Crippen LogP contribution is 2.21. The Balaban J connectivity index is 1.77. The topological polar surface area (TPSA) is 86.2 Å². The molecule has 0 radical (unpaired) electrons. The lowest BCUT2D eigenvalue weighted by molar-refractivity contribution is -0.384. The van der Waals surface area contributed by atoms with Gasteiger partial charge in [0.1, 0.15) is 0 Å². The molecule has 126 valence electrons. The Morgan fingerprint density at radius 2 is 2.00 bits per heavy atom. The summed E-state index contributed by atoms with van der Waals surface area (Å²) in [6, 6.07) is 16.4. The minimum Gasteiger partial charge on any atom is -0.258 e. The van der Waals surface area contributed by atoms with Crippen molar-refractivity contribution in [2.75, 3.05) is 0 Å². The highest BCUT2D eigenvalue weighted by Gasteiger charge is 2.09. The van der Waals surface area contributed by atoms with E-state index >= 15 is 0 Å². The summed E-state index contributed by atoms with van der Waals surface area (Å²) in [5, 5.41) is 24.1. The summed E-state index contributed by atoms with van der Waals surface area (Å²) in [4.78, 5) is 10.4. The first-order chi connectivity index (χ1) is 12.1. The normalized spacial score (nSPS) is 11.1. The van der Waals surface area contributed by atoms with E-state index in [0.717, 1.165) is 5.75 Å². The summed E-state index contributed by atoms with van der Waals surface area (Å²) in [5.74, 6) is 1.41. The molecule has 25 heavy (non-hydrogen) atoms. The van der Waals surface area contributed by atoms with Crippen LogP contribution in [0.4, 0.5) is 5.69 Å². The maximum Gasteiger partial charge on any atom is 0.270 e. The van der Waals surface area contributed by atoms with E-state index in [2.05, 4.69) is 15.3 Å². The summed E-state index contributed by atoms with van der Waals surface area (Å²) in [6.07, 6.45) is 1.57. The first-order valence-electron chi connectivity index (χ1n) is 7.51. The predicted octanol–water partition coefficient (Wildman–Crippen LogP) is 3.67. The first kappa shape index (κ1) is 16.8. The highest BCUT2D eigenvalue weighted by molar-refractivity contribution is 7.98. The zero-order valence-corrected chi connectivity index (χ0v) is 14.3. The van der Waals surface area contributed by atoms with Crippen LogP contribution in [0, 0.1) is 17.0 Å². The fraction of sp³-hybridized carbons (Fsp3) is 0.118. The third-order valence-corrected chi connectivity index (χ3v) is 4.37. The van der Waals surface area contributed by atoms with Gasteiger partial charge in [-0.1, -0.05) is 54.2 Å². The molecule has 3 aromatic rings. The van der Waals surface area contributed by atoms with Gasteiger partial charge in [-0.3, -0.25) is 10.1 Å². The standard InChI is InChI=1S/C17H15N5O2S/c1-13-19-20-17(25-12-14-6-3-2-4-7-14)21(13)18-11-15-8-5-9-16(10-15)22(23)24/h2-11H,12H2,1H3/b18-11+. The Kier molecular flexibility index (Phi) is 5.20. The van der Waals surface area contributed by atoms with E-state index in [9.17, 15) is 10.1 Å². The lowest BCUT2D eigenvalue weighted by Gasteiger charge is -2.02. The molecule has 8 heteroatoms. The van der Waals surface area contributed by atoms with Gasteiger partial charge in [0.05, 0.1) is 11.1 Å². The summed E-state index contributed by atoms with van der Waals surface area (Å²) < 4.78 is 1.63. The second kappa shape index (κ2) is 7.71. The van der Waals surface area contributed by atoms with Gasteiger partial charge in [-0.15, -0.1) is 10.2 Å². The van der Waals surface area contributed by atoms with Crippen LogP contribution < -0.4 is 0 Å². The molecule has 2 aromatic carbocycles. The van der Waals surface area contributed by atoms with Crippen molar-refractivity contribution in [3.63, 3.8) is 0 Å². The molecule has 0 N–H and O–H groups in total. The first-order valence-corrected chi connectivity index (χ1v) is 8.49. The number of thioether (sulfide) groups is 1. The minimum absolute atomic E-state index is 0.0307. The number of aromatic nitrogens is 3. The van der Waals surface area contributed by atoms with Crippen molar-refractivity contribution < 1.29 is 4.92 Å². The number of hydrogen-bond acceptors (Lipinski definition) is 6. The number of benzene rings is 2. The Bertz CT molecular complexity index is 908. The maximum atomic E-state index is 10.8. The van der Waals surface area contributed by atoms with Gasteiger partial charge in [-0.2, -0.15) is 9.78 Å². The fourth-order valence-electron chi connectivity index (χ4n) is 2.13. The third kappa shape index (κ3) is 4.30. The number of nitro benzene ring substituents is 1. The molecule has 0 aliphatic rings. The van der Waals surface area contributed by atoms with Crippen molar-refractivity contribution in [1.29, 1.82) is 0 Å². The van der Waals surface area contributed by atoms with Crippen LogP contribution in [0.3, 0.4) is 0 Å². The lowest BCUT2D eigenvalue weighted by atomic mass is 10.2. The smallest absolute Gasteiger partial charge is 0.258 e. The SMILES string of the molecule is Cc1nnc(SCc2ccccc2)n1/N=C/c1cccc([N+](=O)[O-])c1. The van der Waals surface area contributed by atoms with Crippen molar-refractivity contribution in [2.45, 2.75) is 17.8 Å². The third-order valence-electron chi connectivity index (χ3n) is 3.38. The number of nitrogens with zero attached hydrogens (tertiary/aromatic N) is 5. The van der Waals surface area contributed by atoms with Crippen LogP contribution in [0.5, 0.6) is 0 Å². The Hall–Kier alpha value is -3.00. The van der Waals surface area contributed by atoms with Crippen LogP contribution >= 0.6 is 11.8 Å². The zero-order valence-electron chi connectivity index (χ0n) is 13.4. The van der Waals surface area contributed by atoms with Crippen LogP contribution in [-0.2, 0) is 5.75 Å². The second-order valence-electron chi connectivity index (χ2n) is 5.21. The molecule has 0 bridgehead atoms. The van der Waals surface area contributed by atoms with Crippen molar-refractivity contribution in [1.82, 2.24) is 14.9 Å². The zero-order chi connectivity index (χ0) is 17.6. The predicted molar refractivity (Wildman–Crippen MR) is 96.9 cm³/mol. The number of hydrogen-bond donors (Lipinski definition) is 0. The van der Waals surface area contributed by atoms with Crippen molar-refractivity contribution in [3.8, 4) is 0 Å². The van der Waals surface area contributed by atoms with Crippen LogP contribution in [0.2, 0.25) is 0 Å². The average molecular weight is 353 g/mol. The summed E-state index contributed by atoms with van der Waals surface area (Å²) in [5.41, 5.74) is 1.85. The molecule has 0 fully saturated rings. The number of nitro groups is 1.